The highest BCUT2D eigenvalue weighted by Gasteiger charge is 2.24. The van der Waals surface area contributed by atoms with E-state index in [2.05, 4.69) is 5.32 Å². The molecule has 1 N–H and O–H groups in total. The Bertz CT molecular complexity index is 596. The summed E-state index contributed by atoms with van der Waals surface area (Å²) in [5.41, 5.74) is 1.03. The van der Waals surface area contributed by atoms with Crippen LogP contribution in [-0.2, 0) is 16.6 Å². The molecule has 0 spiro atoms. The van der Waals surface area contributed by atoms with Crippen molar-refractivity contribution in [1.82, 2.24) is 9.62 Å². The van der Waals surface area contributed by atoms with E-state index in [1.807, 2.05) is 18.2 Å². The van der Waals surface area contributed by atoms with Gasteiger partial charge in [0.25, 0.3) is 0 Å². The first kappa shape index (κ1) is 17.1. The van der Waals surface area contributed by atoms with Crippen molar-refractivity contribution < 1.29 is 17.9 Å². The number of benzene rings is 1. The second-order valence-corrected chi connectivity index (χ2v) is 7.45. The standard InChI is InChI=1S/C15H24N2O4S/c1-20-14-6-4-5-12(15(14)21-2)11-16-13-7-9-17(10-8-13)22(3,18)19/h4-6,13,16H,7-11H2,1-3H3. The first-order chi connectivity index (χ1) is 10.5. The lowest BCUT2D eigenvalue weighted by atomic mass is 10.1. The maximum Gasteiger partial charge on any atom is 0.211 e. The zero-order valence-corrected chi connectivity index (χ0v) is 14.1. The van der Waals surface area contributed by atoms with Crippen LogP contribution in [0, 0.1) is 0 Å². The molecule has 1 aliphatic rings. The van der Waals surface area contributed by atoms with E-state index in [-0.39, 0.29) is 0 Å². The van der Waals surface area contributed by atoms with Gasteiger partial charge in [-0.2, -0.15) is 0 Å². The molecule has 0 radical (unpaired) electrons. The van der Waals surface area contributed by atoms with Crippen molar-refractivity contribution in [2.24, 2.45) is 0 Å². The third kappa shape index (κ3) is 4.12. The molecule has 1 saturated heterocycles. The summed E-state index contributed by atoms with van der Waals surface area (Å²) >= 11 is 0. The third-order valence-corrected chi connectivity index (χ3v) is 5.29. The van der Waals surface area contributed by atoms with Gasteiger partial charge in [0.05, 0.1) is 20.5 Å². The molecule has 1 aliphatic heterocycles. The molecular weight excluding hydrogens is 304 g/mol. The maximum absolute atomic E-state index is 11.5. The summed E-state index contributed by atoms with van der Waals surface area (Å²) in [4.78, 5) is 0. The lowest BCUT2D eigenvalue weighted by molar-refractivity contribution is 0.288. The lowest BCUT2D eigenvalue weighted by Crippen LogP contribution is -2.44. The summed E-state index contributed by atoms with van der Waals surface area (Å²) in [7, 11) is 0.185. The number of nitrogens with zero attached hydrogens (tertiary/aromatic N) is 1. The minimum absolute atomic E-state index is 0.314. The molecule has 0 atom stereocenters. The molecule has 1 heterocycles. The lowest BCUT2D eigenvalue weighted by Gasteiger charge is -2.31. The van der Waals surface area contributed by atoms with Crippen molar-refractivity contribution in [1.29, 1.82) is 0 Å². The predicted octanol–water partition coefficient (Wildman–Crippen LogP) is 1.22. The van der Waals surface area contributed by atoms with Crippen LogP contribution in [0.1, 0.15) is 18.4 Å². The summed E-state index contributed by atoms with van der Waals surface area (Å²) in [5, 5.41) is 3.48. The van der Waals surface area contributed by atoms with Crippen LogP contribution in [0.3, 0.4) is 0 Å². The molecule has 2 rings (SSSR count). The first-order valence-corrected chi connectivity index (χ1v) is 9.19. The van der Waals surface area contributed by atoms with Gasteiger partial charge in [0.2, 0.25) is 10.0 Å². The van der Waals surface area contributed by atoms with Crippen LogP contribution >= 0.6 is 0 Å². The summed E-state index contributed by atoms with van der Waals surface area (Å²) in [6.45, 7) is 1.82. The fraction of sp³-hybridized carbons (Fsp3) is 0.600. The van der Waals surface area contributed by atoms with Crippen LogP contribution in [0.4, 0.5) is 0 Å². The Balaban J connectivity index is 1.92. The Labute approximate surface area is 132 Å². The Hall–Kier alpha value is -1.31. The van der Waals surface area contributed by atoms with Gasteiger partial charge >= 0.3 is 0 Å². The Morgan fingerprint density at radius 1 is 1.23 bits per heavy atom. The number of rotatable bonds is 6. The number of nitrogens with one attached hydrogen (secondary N) is 1. The molecule has 0 saturated carbocycles. The molecule has 0 bridgehead atoms. The zero-order chi connectivity index (χ0) is 16.2. The second-order valence-electron chi connectivity index (χ2n) is 5.47. The van der Waals surface area contributed by atoms with E-state index in [9.17, 15) is 8.42 Å². The summed E-state index contributed by atoms with van der Waals surface area (Å²) < 4.78 is 35.3. The van der Waals surface area contributed by atoms with E-state index >= 15 is 0 Å². The summed E-state index contributed by atoms with van der Waals surface area (Å²) in [5.74, 6) is 1.46. The highest BCUT2D eigenvalue weighted by molar-refractivity contribution is 7.88. The molecule has 7 heteroatoms. The van der Waals surface area contributed by atoms with Gasteiger partial charge in [-0.3, -0.25) is 0 Å². The molecule has 0 unspecified atom stereocenters. The van der Waals surface area contributed by atoms with Gasteiger partial charge < -0.3 is 14.8 Å². The number of ether oxygens (including phenoxy) is 2. The number of hydrogen-bond donors (Lipinski definition) is 1. The molecule has 1 fully saturated rings. The average molecular weight is 328 g/mol. The Kier molecular flexibility index (Phi) is 5.66. The van der Waals surface area contributed by atoms with Crippen molar-refractivity contribution >= 4 is 10.0 Å². The molecule has 124 valence electrons. The van der Waals surface area contributed by atoms with Crippen LogP contribution in [0.2, 0.25) is 0 Å². The van der Waals surface area contributed by atoms with E-state index in [4.69, 9.17) is 9.47 Å². The fourth-order valence-electron chi connectivity index (χ4n) is 2.74. The largest absolute Gasteiger partial charge is 0.493 e. The van der Waals surface area contributed by atoms with Gasteiger partial charge in [-0.05, 0) is 18.9 Å². The monoisotopic (exact) mass is 328 g/mol. The molecule has 22 heavy (non-hydrogen) atoms. The van der Waals surface area contributed by atoms with Crippen LogP contribution in [-0.4, -0.2) is 52.3 Å². The van der Waals surface area contributed by atoms with Gasteiger partial charge in [-0.1, -0.05) is 12.1 Å². The highest BCUT2D eigenvalue weighted by Crippen LogP contribution is 2.30. The quantitative estimate of drug-likeness (QED) is 0.850. The summed E-state index contributed by atoms with van der Waals surface area (Å²) in [6, 6.07) is 6.12. The number of methoxy groups -OCH3 is 2. The highest BCUT2D eigenvalue weighted by atomic mass is 32.2. The van der Waals surface area contributed by atoms with E-state index in [0.717, 1.165) is 24.2 Å². The van der Waals surface area contributed by atoms with Crippen molar-refractivity contribution in [3.63, 3.8) is 0 Å². The van der Waals surface area contributed by atoms with Crippen molar-refractivity contribution in [2.45, 2.75) is 25.4 Å². The van der Waals surface area contributed by atoms with E-state index in [0.29, 0.717) is 31.4 Å². The predicted molar refractivity (Wildman–Crippen MR) is 85.8 cm³/mol. The van der Waals surface area contributed by atoms with Gasteiger partial charge in [-0.25, -0.2) is 12.7 Å². The average Bonchev–Trinajstić information content (AvgIpc) is 2.51. The van der Waals surface area contributed by atoms with E-state index in [1.54, 1.807) is 14.2 Å². The summed E-state index contributed by atoms with van der Waals surface area (Å²) in [6.07, 6.45) is 2.90. The van der Waals surface area contributed by atoms with Crippen molar-refractivity contribution in [2.75, 3.05) is 33.6 Å². The topological polar surface area (TPSA) is 67.9 Å². The molecule has 6 nitrogen and oxygen atoms in total. The fourth-order valence-corrected chi connectivity index (χ4v) is 3.61. The number of para-hydroxylation sites is 1. The molecule has 0 aliphatic carbocycles. The van der Waals surface area contributed by atoms with Crippen LogP contribution in [0.15, 0.2) is 18.2 Å². The van der Waals surface area contributed by atoms with E-state index in [1.165, 1.54) is 10.6 Å². The number of sulfonamides is 1. The normalized spacial score (nSPS) is 17.4. The smallest absolute Gasteiger partial charge is 0.211 e. The van der Waals surface area contributed by atoms with E-state index < -0.39 is 10.0 Å². The van der Waals surface area contributed by atoms with Gasteiger partial charge in [0.1, 0.15) is 0 Å². The van der Waals surface area contributed by atoms with Crippen LogP contribution in [0.5, 0.6) is 11.5 Å². The Morgan fingerprint density at radius 2 is 1.91 bits per heavy atom. The number of hydrogen-bond acceptors (Lipinski definition) is 5. The van der Waals surface area contributed by atoms with Gasteiger partial charge in [-0.15, -0.1) is 0 Å². The molecule has 0 amide bonds. The molecular formula is C15H24N2O4S. The number of piperidine rings is 1. The Morgan fingerprint density at radius 3 is 2.45 bits per heavy atom. The first-order valence-electron chi connectivity index (χ1n) is 7.34. The van der Waals surface area contributed by atoms with Gasteiger partial charge in [0, 0.05) is 31.2 Å². The van der Waals surface area contributed by atoms with Crippen molar-refractivity contribution in [3.05, 3.63) is 23.8 Å². The molecule has 1 aromatic carbocycles. The van der Waals surface area contributed by atoms with Crippen LogP contribution < -0.4 is 14.8 Å². The minimum atomic E-state index is -3.07. The third-order valence-electron chi connectivity index (χ3n) is 3.99. The molecule has 0 aromatic heterocycles. The maximum atomic E-state index is 11.5. The zero-order valence-electron chi connectivity index (χ0n) is 13.3. The second kappa shape index (κ2) is 7.30. The SMILES string of the molecule is COc1cccc(CNC2CCN(S(C)(=O)=O)CC2)c1OC. The van der Waals surface area contributed by atoms with Crippen LogP contribution in [0.25, 0.3) is 0 Å². The van der Waals surface area contributed by atoms with Gasteiger partial charge in [0.15, 0.2) is 11.5 Å². The minimum Gasteiger partial charge on any atom is -0.493 e. The molecule has 1 aromatic rings. The van der Waals surface area contributed by atoms with Crippen molar-refractivity contribution in [3.8, 4) is 11.5 Å².